The molecule has 5 nitrogen and oxygen atoms in total. The number of benzene rings is 3. The molecule has 0 bridgehead atoms. The average Bonchev–Trinajstić information content (AvgIpc) is 2.86. The van der Waals surface area contributed by atoms with Crippen LogP contribution in [0, 0.1) is 17.1 Å². The maximum absolute atomic E-state index is 13.5. The highest BCUT2D eigenvalue weighted by Crippen LogP contribution is 2.33. The molecule has 0 saturated carbocycles. The first kappa shape index (κ1) is 25.7. The van der Waals surface area contributed by atoms with E-state index in [0.29, 0.717) is 27.8 Å². The quantitative estimate of drug-likeness (QED) is 0.193. The summed E-state index contributed by atoms with van der Waals surface area (Å²) in [6.45, 7) is 4.26. The van der Waals surface area contributed by atoms with E-state index in [4.69, 9.17) is 9.47 Å². The molecular weight excluding hydrogens is 511 g/mol. The fraction of sp³-hybridized carbons (Fsp3) is 0.143. The van der Waals surface area contributed by atoms with Crippen molar-refractivity contribution in [2.45, 2.75) is 19.6 Å². The fourth-order valence-corrected chi connectivity index (χ4v) is 3.98. The molecule has 0 atom stereocenters. The zero-order chi connectivity index (χ0) is 25.2. The highest BCUT2D eigenvalue weighted by Gasteiger charge is 2.13. The van der Waals surface area contributed by atoms with E-state index in [0.717, 1.165) is 16.9 Å². The van der Waals surface area contributed by atoms with Gasteiger partial charge in [0.2, 0.25) is 0 Å². The van der Waals surface area contributed by atoms with Crippen molar-refractivity contribution in [1.82, 2.24) is 5.32 Å². The summed E-state index contributed by atoms with van der Waals surface area (Å²) in [5.74, 6) is 0.512. The van der Waals surface area contributed by atoms with Crippen LogP contribution < -0.4 is 14.8 Å². The Morgan fingerprint density at radius 1 is 1.17 bits per heavy atom. The van der Waals surface area contributed by atoms with Crippen molar-refractivity contribution >= 4 is 27.9 Å². The molecule has 1 N–H and O–H groups in total. The molecule has 0 radical (unpaired) electrons. The molecule has 35 heavy (non-hydrogen) atoms. The van der Waals surface area contributed by atoms with E-state index in [2.05, 4.69) is 27.8 Å². The number of rotatable bonds is 10. The smallest absolute Gasteiger partial charge is 0.262 e. The largest absolute Gasteiger partial charge is 0.497 e. The highest BCUT2D eigenvalue weighted by molar-refractivity contribution is 9.10. The van der Waals surface area contributed by atoms with Crippen molar-refractivity contribution in [2.24, 2.45) is 0 Å². The van der Waals surface area contributed by atoms with Crippen molar-refractivity contribution < 1.29 is 18.7 Å². The minimum Gasteiger partial charge on any atom is -0.497 e. The molecular formula is C28H24BrFN2O3. The molecule has 0 unspecified atom stereocenters. The average molecular weight is 535 g/mol. The lowest BCUT2D eigenvalue weighted by Crippen LogP contribution is -2.23. The van der Waals surface area contributed by atoms with E-state index in [9.17, 15) is 14.4 Å². The number of nitriles is 1. The number of nitrogens with zero attached hydrogens (tertiary/aromatic N) is 1. The van der Waals surface area contributed by atoms with Gasteiger partial charge in [0, 0.05) is 6.54 Å². The third kappa shape index (κ3) is 7.29. The number of hydrogen-bond donors (Lipinski definition) is 1. The fourth-order valence-electron chi connectivity index (χ4n) is 3.34. The summed E-state index contributed by atoms with van der Waals surface area (Å²) >= 11 is 3.52. The molecule has 0 aliphatic rings. The van der Waals surface area contributed by atoms with Gasteiger partial charge >= 0.3 is 0 Å². The van der Waals surface area contributed by atoms with Gasteiger partial charge in [-0.3, -0.25) is 4.79 Å². The molecule has 3 rings (SSSR count). The van der Waals surface area contributed by atoms with Crippen molar-refractivity contribution in [3.05, 3.63) is 111 Å². The van der Waals surface area contributed by atoms with Gasteiger partial charge < -0.3 is 14.8 Å². The second kappa shape index (κ2) is 12.5. The van der Waals surface area contributed by atoms with Crippen LogP contribution in [0.4, 0.5) is 4.39 Å². The van der Waals surface area contributed by atoms with Gasteiger partial charge in [-0.15, -0.1) is 6.58 Å². The summed E-state index contributed by atoms with van der Waals surface area (Å²) in [7, 11) is 1.59. The minimum atomic E-state index is -0.476. The van der Waals surface area contributed by atoms with E-state index < -0.39 is 5.91 Å². The normalized spacial score (nSPS) is 10.9. The molecule has 0 heterocycles. The Kier molecular flexibility index (Phi) is 9.22. The summed E-state index contributed by atoms with van der Waals surface area (Å²) < 4.78 is 25.2. The third-order valence-electron chi connectivity index (χ3n) is 5.07. The van der Waals surface area contributed by atoms with Crippen LogP contribution >= 0.6 is 15.9 Å². The van der Waals surface area contributed by atoms with Gasteiger partial charge in [-0.25, -0.2) is 4.39 Å². The Hall–Kier alpha value is -3.89. The number of ether oxygens (including phenoxy) is 2. The molecule has 3 aromatic rings. The van der Waals surface area contributed by atoms with Gasteiger partial charge in [0.15, 0.2) is 0 Å². The Balaban J connectivity index is 1.77. The monoisotopic (exact) mass is 534 g/mol. The van der Waals surface area contributed by atoms with E-state index in [-0.39, 0.29) is 24.5 Å². The number of carbonyl (C=O) groups is 1. The summed E-state index contributed by atoms with van der Waals surface area (Å²) in [4.78, 5) is 12.6. The van der Waals surface area contributed by atoms with Crippen molar-refractivity contribution in [3.8, 4) is 17.6 Å². The Morgan fingerprint density at radius 2 is 1.94 bits per heavy atom. The molecule has 178 valence electrons. The lowest BCUT2D eigenvalue weighted by atomic mass is 10.0. The van der Waals surface area contributed by atoms with Crippen LogP contribution in [0.3, 0.4) is 0 Å². The maximum Gasteiger partial charge on any atom is 0.262 e. The van der Waals surface area contributed by atoms with Crippen LogP contribution in [-0.2, 0) is 24.4 Å². The lowest BCUT2D eigenvalue weighted by Gasteiger charge is -2.14. The molecule has 0 fully saturated rings. The number of hydrogen-bond acceptors (Lipinski definition) is 4. The van der Waals surface area contributed by atoms with Crippen molar-refractivity contribution in [2.75, 3.05) is 7.11 Å². The van der Waals surface area contributed by atoms with Gasteiger partial charge in [-0.2, -0.15) is 5.26 Å². The number of carbonyl (C=O) groups excluding carboxylic acids is 1. The first-order valence-electron chi connectivity index (χ1n) is 10.8. The minimum absolute atomic E-state index is 0.0246. The van der Waals surface area contributed by atoms with Crippen LogP contribution in [0.25, 0.3) is 6.08 Å². The van der Waals surface area contributed by atoms with E-state index in [1.54, 1.807) is 43.5 Å². The predicted molar refractivity (Wildman–Crippen MR) is 137 cm³/mol. The SMILES string of the molecule is C=CCc1cc(/C=C(/C#N)C(=O)NCc2ccc(OC)cc2)cc(Br)c1OCc1cccc(F)c1. The van der Waals surface area contributed by atoms with Gasteiger partial charge in [-0.05, 0) is 87.1 Å². The molecule has 0 aliphatic carbocycles. The first-order chi connectivity index (χ1) is 16.9. The summed E-state index contributed by atoms with van der Waals surface area (Å²) in [6, 6.07) is 19.1. The molecule has 0 saturated heterocycles. The van der Waals surface area contributed by atoms with Gasteiger partial charge in [0.25, 0.3) is 5.91 Å². The van der Waals surface area contributed by atoms with Gasteiger partial charge in [0.05, 0.1) is 11.6 Å². The second-order valence-corrected chi connectivity index (χ2v) is 8.46. The van der Waals surface area contributed by atoms with E-state index in [1.165, 1.54) is 18.2 Å². The van der Waals surface area contributed by atoms with Crippen LogP contribution in [0.15, 0.2) is 83.4 Å². The van der Waals surface area contributed by atoms with Crippen LogP contribution in [0.2, 0.25) is 0 Å². The number of allylic oxidation sites excluding steroid dienone is 1. The number of amides is 1. The zero-order valence-electron chi connectivity index (χ0n) is 19.2. The predicted octanol–water partition coefficient (Wildman–Crippen LogP) is 6.13. The van der Waals surface area contributed by atoms with Crippen molar-refractivity contribution in [3.63, 3.8) is 0 Å². The Bertz CT molecular complexity index is 1280. The van der Waals surface area contributed by atoms with Crippen LogP contribution in [0.5, 0.6) is 11.5 Å². The van der Waals surface area contributed by atoms with Crippen LogP contribution in [-0.4, -0.2) is 13.0 Å². The maximum atomic E-state index is 13.5. The van der Waals surface area contributed by atoms with Gasteiger partial charge in [-0.1, -0.05) is 30.3 Å². The molecule has 0 spiro atoms. The van der Waals surface area contributed by atoms with E-state index >= 15 is 0 Å². The first-order valence-corrected chi connectivity index (χ1v) is 11.6. The molecule has 3 aromatic carbocycles. The third-order valence-corrected chi connectivity index (χ3v) is 5.66. The summed E-state index contributed by atoms with van der Waals surface area (Å²) in [6.07, 6.45) is 3.76. The molecule has 0 aliphatic heterocycles. The Morgan fingerprint density at radius 3 is 2.60 bits per heavy atom. The number of halogens is 2. The Labute approximate surface area is 212 Å². The molecule has 1 amide bonds. The zero-order valence-corrected chi connectivity index (χ0v) is 20.8. The second-order valence-electron chi connectivity index (χ2n) is 7.60. The highest BCUT2D eigenvalue weighted by atomic mass is 79.9. The molecule has 7 heteroatoms. The number of nitrogens with one attached hydrogen (secondary N) is 1. The van der Waals surface area contributed by atoms with Gasteiger partial charge in [0.1, 0.15) is 35.6 Å². The lowest BCUT2D eigenvalue weighted by molar-refractivity contribution is -0.117. The van der Waals surface area contributed by atoms with Crippen LogP contribution in [0.1, 0.15) is 22.3 Å². The topological polar surface area (TPSA) is 71.4 Å². The van der Waals surface area contributed by atoms with E-state index in [1.807, 2.05) is 24.3 Å². The molecule has 0 aromatic heterocycles. The standard InChI is InChI=1S/C28H24BrFN2O3/c1-3-5-22-12-21(15-26(29)27(22)35-18-20-6-4-7-24(30)14-20)13-23(16-31)28(33)32-17-19-8-10-25(34-2)11-9-19/h3-4,6-15H,1,5,17-18H2,2H3,(H,32,33)/b23-13-. The number of methoxy groups -OCH3 is 1. The summed E-state index contributed by atoms with van der Waals surface area (Å²) in [5.41, 5.74) is 3.03. The van der Waals surface area contributed by atoms with Crippen molar-refractivity contribution in [1.29, 1.82) is 5.26 Å². The summed E-state index contributed by atoms with van der Waals surface area (Å²) in [5, 5.41) is 12.3.